The summed E-state index contributed by atoms with van der Waals surface area (Å²) in [7, 11) is 0. The molecule has 0 radical (unpaired) electrons. The highest BCUT2D eigenvalue weighted by Gasteiger charge is 2.23. The number of aromatic nitrogens is 1. The van der Waals surface area contributed by atoms with Gasteiger partial charge in [0.25, 0.3) is 0 Å². The summed E-state index contributed by atoms with van der Waals surface area (Å²) in [5, 5.41) is 7.43. The normalized spacial score (nSPS) is 17.0. The van der Waals surface area contributed by atoms with Crippen LogP contribution >= 0.6 is 11.6 Å². The van der Waals surface area contributed by atoms with Crippen LogP contribution in [0.2, 0.25) is 5.02 Å². The van der Waals surface area contributed by atoms with Crippen LogP contribution in [0, 0.1) is 0 Å². The maximum atomic E-state index is 6.14. The molecule has 0 bridgehead atoms. The van der Waals surface area contributed by atoms with Crippen molar-refractivity contribution in [3.8, 4) is 0 Å². The third kappa shape index (κ3) is 2.42. The Balaban J connectivity index is 1.88. The van der Waals surface area contributed by atoms with Crippen LogP contribution in [-0.4, -0.2) is 41.9 Å². The number of nitrogens with zero attached hydrogens (tertiary/aromatic N) is 3. The molecule has 0 atom stereocenters. The lowest BCUT2D eigenvalue weighted by molar-refractivity contribution is 0.358. The van der Waals surface area contributed by atoms with Crippen LogP contribution in [0.4, 0.5) is 17.2 Å². The first-order valence-corrected chi connectivity index (χ1v) is 7.75. The highest BCUT2D eigenvalue weighted by Crippen LogP contribution is 2.35. The number of benzene rings is 1. The number of rotatable bonds is 0. The van der Waals surface area contributed by atoms with Gasteiger partial charge in [0, 0.05) is 37.4 Å². The Morgan fingerprint density at radius 3 is 2.86 bits per heavy atom. The van der Waals surface area contributed by atoms with E-state index in [4.69, 9.17) is 16.6 Å². The number of halogens is 1. The molecule has 0 aliphatic carbocycles. The molecule has 4 rings (SSSR count). The predicted octanol–water partition coefficient (Wildman–Crippen LogP) is 2.78. The summed E-state index contributed by atoms with van der Waals surface area (Å²) < 4.78 is 0. The van der Waals surface area contributed by atoms with Gasteiger partial charge in [-0.1, -0.05) is 11.6 Å². The lowest BCUT2D eigenvalue weighted by Gasteiger charge is -2.30. The van der Waals surface area contributed by atoms with Gasteiger partial charge in [-0.2, -0.15) is 0 Å². The average molecular weight is 314 g/mol. The molecule has 5 nitrogen and oxygen atoms in total. The minimum atomic E-state index is 0.683. The second-order valence-electron chi connectivity index (χ2n) is 5.36. The maximum Gasteiger partial charge on any atom is 0.141 e. The molecular weight excluding hydrogens is 298 g/mol. The van der Waals surface area contributed by atoms with Crippen LogP contribution in [0.3, 0.4) is 0 Å². The molecule has 2 aliphatic rings. The van der Waals surface area contributed by atoms with Gasteiger partial charge in [-0.05, 0) is 30.3 Å². The smallest absolute Gasteiger partial charge is 0.141 e. The van der Waals surface area contributed by atoms with Crippen molar-refractivity contribution >= 4 is 34.6 Å². The summed E-state index contributed by atoms with van der Waals surface area (Å²) in [4.78, 5) is 11.7. The standard InChI is InChI=1S/C16H16ClN5/c17-11-3-4-13-14(10-11)21-16(22-8-6-18-7-9-22)12-2-1-5-19-15(12)20-13/h1-5,10,18H,6-9H2,(H,19,20). The third-order valence-electron chi connectivity index (χ3n) is 3.90. The summed E-state index contributed by atoms with van der Waals surface area (Å²) >= 11 is 6.14. The van der Waals surface area contributed by atoms with E-state index in [9.17, 15) is 0 Å². The number of nitrogens with one attached hydrogen (secondary N) is 2. The molecule has 2 aliphatic heterocycles. The topological polar surface area (TPSA) is 52.5 Å². The summed E-state index contributed by atoms with van der Waals surface area (Å²) in [6.45, 7) is 3.79. The van der Waals surface area contributed by atoms with Crippen LogP contribution in [0.15, 0.2) is 41.5 Å². The quantitative estimate of drug-likeness (QED) is 0.785. The molecule has 3 heterocycles. The zero-order valence-electron chi connectivity index (χ0n) is 12.0. The first-order chi connectivity index (χ1) is 10.8. The molecule has 1 aromatic heterocycles. The zero-order chi connectivity index (χ0) is 14.9. The molecular formula is C16H16ClN5. The number of pyridine rings is 1. The van der Waals surface area contributed by atoms with Gasteiger partial charge in [0.15, 0.2) is 0 Å². The Bertz CT molecular complexity index is 737. The number of aliphatic imine (C=N–C) groups is 1. The van der Waals surface area contributed by atoms with Crippen molar-refractivity contribution in [2.75, 3.05) is 31.5 Å². The van der Waals surface area contributed by atoms with Gasteiger partial charge in [-0.3, -0.25) is 0 Å². The van der Waals surface area contributed by atoms with Crippen molar-refractivity contribution in [1.82, 2.24) is 15.2 Å². The summed E-state index contributed by atoms with van der Waals surface area (Å²) in [6.07, 6.45) is 1.79. The van der Waals surface area contributed by atoms with E-state index in [1.165, 1.54) is 0 Å². The molecule has 0 unspecified atom stereocenters. The van der Waals surface area contributed by atoms with Crippen molar-refractivity contribution in [2.24, 2.45) is 4.99 Å². The van der Waals surface area contributed by atoms with Gasteiger partial charge in [0.1, 0.15) is 11.7 Å². The van der Waals surface area contributed by atoms with Crippen molar-refractivity contribution in [2.45, 2.75) is 0 Å². The zero-order valence-corrected chi connectivity index (χ0v) is 12.8. The molecule has 2 N–H and O–H groups in total. The van der Waals surface area contributed by atoms with E-state index in [1.807, 2.05) is 24.3 Å². The van der Waals surface area contributed by atoms with E-state index in [0.29, 0.717) is 5.02 Å². The number of hydrogen-bond donors (Lipinski definition) is 2. The van der Waals surface area contributed by atoms with Crippen molar-refractivity contribution in [3.05, 3.63) is 47.1 Å². The molecule has 0 spiro atoms. The Morgan fingerprint density at radius 1 is 1.14 bits per heavy atom. The van der Waals surface area contributed by atoms with Crippen LogP contribution in [0.25, 0.3) is 0 Å². The molecule has 0 amide bonds. The molecule has 112 valence electrons. The second-order valence-corrected chi connectivity index (χ2v) is 5.79. The molecule has 1 saturated heterocycles. The SMILES string of the molecule is Clc1ccc2c(c1)N=C(N1CCNCC1)c1cccnc1N2. The van der Waals surface area contributed by atoms with E-state index in [1.54, 1.807) is 6.20 Å². The van der Waals surface area contributed by atoms with E-state index < -0.39 is 0 Å². The number of hydrogen-bond acceptors (Lipinski definition) is 5. The Morgan fingerprint density at radius 2 is 2.00 bits per heavy atom. The number of amidine groups is 1. The minimum Gasteiger partial charge on any atom is -0.353 e. The lowest BCUT2D eigenvalue weighted by atomic mass is 10.2. The number of anilines is 2. The van der Waals surface area contributed by atoms with Crippen molar-refractivity contribution < 1.29 is 0 Å². The Labute approximate surface area is 134 Å². The van der Waals surface area contributed by atoms with Crippen LogP contribution in [0.5, 0.6) is 0 Å². The monoisotopic (exact) mass is 313 g/mol. The summed E-state index contributed by atoms with van der Waals surface area (Å²) in [5.41, 5.74) is 2.80. The molecule has 2 aromatic rings. The maximum absolute atomic E-state index is 6.14. The summed E-state index contributed by atoms with van der Waals surface area (Å²) in [6, 6.07) is 9.70. The fourth-order valence-electron chi connectivity index (χ4n) is 2.81. The average Bonchev–Trinajstić information content (AvgIpc) is 2.72. The van der Waals surface area contributed by atoms with Gasteiger partial charge < -0.3 is 15.5 Å². The fraction of sp³-hybridized carbons (Fsp3) is 0.250. The Hall–Kier alpha value is -2.11. The van der Waals surface area contributed by atoms with E-state index >= 15 is 0 Å². The summed E-state index contributed by atoms with van der Waals surface area (Å²) in [5.74, 6) is 1.79. The van der Waals surface area contributed by atoms with Crippen molar-refractivity contribution in [1.29, 1.82) is 0 Å². The van der Waals surface area contributed by atoms with Crippen LogP contribution < -0.4 is 10.6 Å². The van der Waals surface area contributed by atoms with Crippen LogP contribution in [0.1, 0.15) is 5.56 Å². The lowest BCUT2D eigenvalue weighted by Crippen LogP contribution is -2.46. The first kappa shape index (κ1) is 13.5. The number of piperazine rings is 1. The predicted molar refractivity (Wildman–Crippen MR) is 89.6 cm³/mol. The Kier molecular flexibility index (Phi) is 3.44. The third-order valence-corrected chi connectivity index (χ3v) is 4.14. The minimum absolute atomic E-state index is 0.683. The first-order valence-electron chi connectivity index (χ1n) is 7.37. The second kappa shape index (κ2) is 5.59. The fourth-order valence-corrected chi connectivity index (χ4v) is 2.97. The van der Waals surface area contributed by atoms with Gasteiger partial charge in [0.2, 0.25) is 0 Å². The highest BCUT2D eigenvalue weighted by atomic mass is 35.5. The molecule has 22 heavy (non-hydrogen) atoms. The van der Waals surface area contributed by atoms with E-state index in [2.05, 4.69) is 26.6 Å². The van der Waals surface area contributed by atoms with Crippen LogP contribution in [-0.2, 0) is 0 Å². The van der Waals surface area contributed by atoms with Gasteiger partial charge >= 0.3 is 0 Å². The van der Waals surface area contributed by atoms with Gasteiger partial charge in [0.05, 0.1) is 16.9 Å². The van der Waals surface area contributed by atoms with Gasteiger partial charge in [-0.25, -0.2) is 9.98 Å². The highest BCUT2D eigenvalue weighted by molar-refractivity contribution is 6.31. The molecule has 0 saturated carbocycles. The molecule has 1 fully saturated rings. The number of fused-ring (bicyclic) bond motifs is 2. The van der Waals surface area contributed by atoms with Crippen molar-refractivity contribution in [3.63, 3.8) is 0 Å². The molecule has 1 aromatic carbocycles. The molecule has 6 heteroatoms. The van der Waals surface area contributed by atoms with E-state index in [0.717, 1.165) is 54.8 Å². The van der Waals surface area contributed by atoms with E-state index in [-0.39, 0.29) is 0 Å². The van der Waals surface area contributed by atoms with Gasteiger partial charge in [-0.15, -0.1) is 0 Å². The largest absolute Gasteiger partial charge is 0.353 e.